The fourth-order valence-electron chi connectivity index (χ4n) is 1.98. The minimum Gasteiger partial charge on any atom is -0.384 e. The molecule has 0 bridgehead atoms. The number of anilines is 1. The van der Waals surface area contributed by atoms with Gasteiger partial charge in [-0.05, 0) is 30.2 Å². The number of amides is 1. The molecule has 2 N–H and O–H groups in total. The molecule has 2 aromatic carbocycles. The Morgan fingerprint density at radius 2 is 1.95 bits per heavy atom. The molecule has 106 valence electrons. The van der Waals surface area contributed by atoms with E-state index in [0.29, 0.717) is 17.7 Å². The molecule has 2 aromatic rings. The van der Waals surface area contributed by atoms with Crippen molar-refractivity contribution in [1.82, 2.24) is 0 Å². The Morgan fingerprint density at radius 3 is 2.67 bits per heavy atom. The van der Waals surface area contributed by atoms with Gasteiger partial charge in [0.2, 0.25) is 5.91 Å². The van der Waals surface area contributed by atoms with Crippen LogP contribution in [-0.4, -0.2) is 17.6 Å². The molecule has 2 rings (SSSR count). The maximum absolute atomic E-state index is 12.1. The van der Waals surface area contributed by atoms with Crippen LogP contribution in [0.1, 0.15) is 16.7 Å². The second-order valence-corrected chi connectivity index (χ2v) is 4.72. The molecule has 0 saturated carbocycles. The van der Waals surface area contributed by atoms with Gasteiger partial charge in [0, 0.05) is 5.56 Å². The third kappa shape index (κ3) is 4.48. The van der Waals surface area contributed by atoms with E-state index >= 15 is 0 Å². The van der Waals surface area contributed by atoms with Gasteiger partial charge in [-0.3, -0.25) is 4.79 Å². The molecule has 0 spiro atoms. The summed E-state index contributed by atoms with van der Waals surface area (Å²) in [6, 6.07) is 15.2. The number of aryl methyl sites for hydroxylation is 1. The Bertz CT molecular complexity index is 681. The Labute approximate surface area is 124 Å². The quantitative estimate of drug-likeness (QED) is 0.848. The summed E-state index contributed by atoms with van der Waals surface area (Å²) in [4.78, 5) is 12.1. The lowest BCUT2D eigenvalue weighted by atomic mass is 10.1. The van der Waals surface area contributed by atoms with Crippen LogP contribution in [0.5, 0.6) is 0 Å². The lowest BCUT2D eigenvalue weighted by Gasteiger charge is -2.08. The molecule has 21 heavy (non-hydrogen) atoms. The first-order valence-corrected chi connectivity index (χ1v) is 6.73. The van der Waals surface area contributed by atoms with Gasteiger partial charge in [0.05, 0.1) is 12.1 Å². The summed E-state index contributed by atoms with van der Waals surface area (Å²) in [5, 5.41) is 11.7. The molecule has 0 aliphatic carbocycles. The first-order valence-electron chi connectivity index (χ1n) is 6.73. The number of benzene rings is 2. The molecule has 0 fully saturated rings. The lowest BCUT2D eigenvalue weighted by Crippen LogP contribution is -2.15. The second-order valence-electron chi connectivity index (χ2n) is 4.72. The largest absolute Gasteiger partial charge is 0.384 e. The zero-order valence-electron chi connectivity index (χ0n) is 11.9. The molecule has 0 atom stereocenters. The highest BCUT2D eigenvalue weighted by molar-refractivity contribution is 5.93. The third-order valence-electron chi connectivity index (χ3n) is 2.96. The molecule has 0 aliphatic heterocycles. The molecule has 0 radical (unpaired) electrons. The Kier molecular flexibility index (Phi) is 5.14. The van der Waals surface area contributed by atoms with Crippen molar-refractivity contribution in [2.24, 2.45) is 0 Å². The number of carbonyl (C=O) groups is 1. The van der Waals surface area contributed by atoms with E-state index in [4.69, 9.17) is 5.11 Å². The average molecular weight is 279 g/mol. The van der Waals surface area contributed by atoms with Gasteiger partial charge in [0.1, 0.15) is 6.61 Å². The minimum absolute atomic E-state index is 0.0860. The van der Waals surface area contributed by atoms with Crippen molar-refractivity contribution in [2.75, 3.05) is 11.9 Å². The average Bonchev–Trinajstić information content (AvgIpc) is 2.48. The predicted molar refractivity (Wildman–Crippen MR) is 83.9 cm³/mol. The van der Waals surface area contributed by atoms with Crippen LogP contribution in [0.25, 0.3) is 0 Å². The highest BCUT2D eigenvalue weighted by atomic mass is 16.2. The van der Waals surface area contributed by atoms with Crippen molar-refractivity contribution in [3.8, 4) is 11.8 Å². The number of hydrogen-bond acceptors (Lipinski definition) is 2. The molecule has 3 nitrogen and oxygen atoms in total. The summed E-state index contributed by atoms with van der Waals surface area (Å²) in [6.45, 7) is 1.75. The minimum atomic E-state index is -0.203. The number of nitrogens with one attached hydrogen (secondary N) is 1. The molecule has 0 saturated heterocycles. The zero-order valence-corrected chi connectivity index (χ0v) is 11.9. The van der Waals surface area contributed by atoms with Crippen LogP contribution in [0.4, 0.5) is 5.69 Å². The maximum Gasteiger partial charge on any atom is 0.228 e. The van der Waals surface area contributed by atoms with E-state index in [1.54, 1.807) is 0 Å². The van der Waals surface area contributed by atoms with Crippen LogP contribution in [0.15, 0.2) is 48.5 Å². The predicted octanol–water partition coefficient (Wildman–Crippen LogP) is 2.52. The van der Waals surface area contributed by atoms with Gasteiger partial charge in [0.15, 0.2) is 0 Å². The Balaban J connectivity index is 2.13. The van der Waals surface area contributed by atoms with E-state index in [1.165, 1.54) is 0 Å². The van der Waals surface area contributed by atoms with Gasteiger partial charge in [0.25, 0.3) is 0 Å². The van der Waals surface area contributed by atoms with E-state index in [0.717, 1.165) is 11.1 Å². The number of aliphatic hydroxyl groups excluding tert-OH is 1. The second kappa shape index (κ2) is 7.28. The van der Waals surface area contributed by atoms with Crippen molar-refractivity contribution in [1.29, 1.82) is 0 Å². The van der Waals surface area contributed by atoms with Crippen LogP contribution >= 0.6 is 0 Å². The fraction of sp³-hybridized carbons (Fsp3) is 0.167. The van der Waals surface area contributed by atoms with Gasteiger partial charge in [-0.2, -0.15) is 0 Å². The van der Waals surface area contributed by atoms with Crippen molar-refractivity contribution >= 4 is 11.6 Å². The molecule has 0 unspecified atom stereocenters. The van der Waals surface area contributed by atoms with Crippen molar-refractivity contribution in [3.05, 3.63) is 65.2 Å². The SMILES string of the molecule is Cc1ccc(NC(=O)Cc2ccccc2)c(C#CCO)c1. The van der Waals surface area contributed by atoms with Gasteiger partial charge in [-0.25, -0.2) is 0 Å². The van der Waals surface area contributed by atoms with E-state index in [9.17, 15) is 4.79 Å². The summed E-state index contributed by atoms with van der Waals surface area (Å²) < 4.78 is 0. The summed E-state index contributed by atoms with van der Waals surface area (Å²) in [7, 11) is 0. The van der Waals surface area contributed by atoms with Crippen LogP contribution in [0, 0.1) is 18.8 Å². The topological polar surface area (TPSA) is 49.3 Å². The summed E-state index contributed by atoms with van der Waals surface area (Å²) >= 11 is 0. The zero-order chi connectivity index (χ0) is 15.1. The third-order valence-corrected chi connectivity index (χ3v) is 2.96. The van der Waals surface area contributed by atoms with E-state index in [1.807, 2.05) is 55.5 Å². The molecule has 1 amide bonds. The fourth-order valence-corrected chi connectivity index (χ4v) is 1.98. The molecular formula is C18H17NO2. The number of rotatable bonds is 3. The summed E-state index contributed by atoms with van der Waals surface area (Å²) in [5.74, 6) is 5.38. The molecule has 0 heterocycles. The van der Waals surface area contributed by atoms with E-state index in [-0.39, 0.29) is 12.5 Å². The van der Waals surface area contributed by atoms with Crippen LogP contribution < -0.4 is 5.32 Å². The Morgan fingerprint density at radius 1 is 1.19 bits per heavy atom. The highest BCUT2D eigenvalue weighted by Gasteiger charge is 2.07. The van der Waals surface area contributed by atoms with Crippen molar-refractivity contribution in [2.45, 2.75) is 13.3 Å². The smallest absolute Gasteiger partial charge is 0.228 e. The number of carbonyl (C=O) groups excluding carboxylic acids is 1. The van der Waals surface area contributed by atoms with Crippen molar-refractivity contribution in [3.63, 3.8) is 0 Å². The Hall–Kier alpha value is -2.57. The highest BCUT2D eigenvalue weighted by Crippen LogP contribution is 2.17. The normalized spacial score (nSPS) is 9.62. The first kappa shape index (κ1) is 14.8. The molecular weight excluding hydrogens is 262 g/mol. The number of hydrogen-bond donors (Lipinski definition) is 2. The van der Waals surface area contributed by atoms with Gasteiger partial charge < -0.3 is 10.4 Å². The standard InChI is InChI=1S/C18H17NO2/c1-14-9-10-17(16(12-14)8-5-11-20)19-18(21)13-15-6-3-2-4-7-15/h2-4,6-7,9-10,12,20H,11,13H2,1H3,(H,19,21). The maximum atomic E-state index is 12.1. The monoisotopic (exact) mass is 279 g/mol. The molecule has 0 aliphatic rings. The number of aliphatic hydroxyl groups is 1. The van der Waals surface area contributed by atoms with Crippen LogP contribution in [-0.2, 0) is 11.2 Å². The first-order chi connectivity index (χ1) is 10.2. The van der Waals surface area contributed by atoms with Crippen molar-refractivity contribution < 1.29 is 9.90 Å². The summed E-state index contributed by atoms with van der Waals surface area (Å²) in [5.41, 5.74) is 3.40. The lowest BCUT2D eigenvalue weighted by molar-refractivity contribution is -0.115. The van der Waals surface area contributed by atoms with E-state index < -0.39 is 0 Å². The van der Waals surface area contributed by atoms with Crippen LogP contribution in [0.2, 0.25) is 0 Å². The molecule has 0 aromatic heterocycles. The van der Waals surface area contributed by atoms with Gasteiger partial charge in [-0.1, -0.05) is 48.2 Å². The molecule has 3 heteroatoms. The van der Waals surface area contributed by atoms with Crippen LogP contribution in [0.3, 0.4) is 0 Å². The summed E-state index contributed by atoms with van der Waals surface area (Å²) in [6.07, 6.45) is 0.321. The van der Waals surface area contributed by atoms with Gasteiger partial charge >= 0.3 is 0 Å². The van der Waals surface area contributed by atoms with Gasteiger partial charge in [-0.15, -0.1) is 0 Å². The van der Waals surface area contributed by atoms with E-state index in [2.05, 4.69) is 17.2 Å².